The molecule has 0 aliphatic carbocycles. The Bertz CT molecular complexity index is 528. The van der Waals surface area contributed by atoms with Gasteiger partial charge in [-0.1, -0.05) is 12.5 Å². The largest absolute Gasteiger partial charge is 0.497 e. The van der Waals surface area contributed by atoms with Gasteiger partial charge in [0, 0.05) is 24.2 Å². The molecule has 0 saturated heterocycles. The summed E-state index contributed by atoms with van der Waals surface area (Å²) in [5, 5.41) is 4.53. The second-order valence-corrected chi connectivity index (χ2v) is 4.53. The number of rotatable bonds is 7. The third-order valence-corrected chi connectivity index (χ3v) is 3.11. The molecule has 2 rings (SSSR count). The molecule has 0 spiro atoms. The Labute approximate surface area is 114 Å². The summed E-state index contributed by atoms with van der Waals surface area (Å²) >= 11 is 0. The summed E-state index contributed by atoms with van der Waals surface area (Å²) in [4.78, 5) is 4.43. The molecule has 0 aliphatic rings. The third-order valence-electron chi connectivity index (χ3n) is 3.11. The summed E-state index contributed by atoms with van der Waals surface area (Å²) in [5.41, 5.74) is 7.51. The van der Waals surface area contributed by atoms with Gasteiger partial charge in [0.1, 0.15) is 5.75 Å². The molecule has 1 aromatic heterocycles. The molecule has 1 aromatic carbocycles. The van der Waals surface area contributed by atoms with E-state index in [1.54, 1.807) is 7.11 Å². The van der Waals surface area contributed by atoms with Crippen molar-refractivity contribution < 1.29 is 4.74 Å². The number of pyridine rings is 1. The number of methoxy groups -OCH3 is 1. The molecular weight excluding hydrogens is 238 g/mol. The maximum absolute atomic E-state index is 5.49. The topological polar surface area (TPSA) is 60.2 Å². The molecule has 4 nitrogen and oxygen atoms in total. The predicted molar refractivity (Wildman–Crippen MR) is 79.7 cm³/mol. The van der Waals surface area contributed by atoms with Crippen LogP contribution in [0.15, 0.2) is 30.5 Å². The van der Waals surface area contributed by atoms with Gasteiger partial charge in [-0.15, -0.1) is 0 Å². The number of nitrogens with two attached hydrogens (primary N) is 1. The van der Waals surface area contributed by atoms with Crippen LogP contribution < -0.4 is 15.8 Å². The number of hydrogen-bond donors (Lipinski definition) is 2. The summed E-state index contributed by atoms with van der Waals surface area (Å²) < 4.78 is 5.32. The van der Waals surface area contributed by atoms with Crippen molar-refractivity contribution in [2.45, 2.75) is 19.3 Å². The van der Waals surface area contributed by atoms with Crippen LogP contribution in [0.5, 0.6) is 5.75 Å². The van der Waals surface area contributed by atoms with Crippen LogP contribution in [0.2, 0.25) is 0 Å². The van der Waals surface area contributed by atoms with Crippen molar-refractivity contribution in [3.63, 3.8) is 0 Å². The molecule has 0 aliphatic heterocycles. The van der Waals surface area contributed by atoms with E-state index in [1.165, 1.54) is 0 Å². The first-order chi connectivity index (χ1) is 9.35. The molecule has 102 valence electrons. The number of unbranched alkanes of at least 4 members (excludes halogenated alkanes) is 2. The van der Waals surface area contributed by atoms with Crippen LogP contribution in [0.25, 0.3) is 10.9 Å². The highest BCUT2D eigenvalue weighted by Crippen LogP contribution is 2.27. The van der Waals surface area contributed by atoms with Crippen molar-refractivity contribution in [3.8, 4) is 5.75 Å². The molecular formula is C15H21N3O. The third kappa shape index (κ3) is 3.58. The molecule has 2 aromatic rings. The van der Waals surface area contributed by atoms with Crippen LogP contribution in [-0.2, 0) is 0 Å². The van der Waals surface area contributed by atoms with Crippen molar-refractivity contribution in [1.82, 2.24) is 4.98 Å². The van der Waals surface area contributed by atoms with Crippen molar-refractivity contribution in [3.05, 3.63) is 30.5 Å². The Kier molecular flexibility index (Phi) is 4.98. The lowest BCUT2D eigenvalue weighted by atomic mass is 10.1. The second kappa shape index (κ2) is 6.95. The van der Waals surface area contributed by atoms with E-state index in [9.17, 15) is 0 Å². The van der Waals surface area contributed by atoms with Gasteiger partial charge in [-0.3, -0.25) is 4.98 Å². The van der Waals surface area contributed by atoms with Gasteiger partial charge < -0.3 is 15.8 Å². The number of aromatic nitrogens is 1. The predicted octanol–water partition coefficient (Wildman–Crippen LogP) is 2.78. The lowest BCUT2D eigenvalue weighted by Crippen LogP contribution is -2.05. The van der Waals surface area contributed by atoms with Gasteiger partial charge in [-0.2, -0.15) is 0 Å². The van der Waals surface area contributed by atoms with Crippen molar-refractivity contribution in [2.75, 3.05) is 25.5 Å². The number of ether oxygens (including phenoxy) is 1. The first-order valence-electron chi connectivity index (χ1n) is 6.72. The average Bonchev–Trinajstić information content (AvgIpc) is 2.46. The van der Waals surface area contributed by atoms with E-state index in [0.29, 0.717) is 0 Å². The minimum absolute atomic E-state index is 0.768. The monoisotopic (exact) mass is 259 g/mol. The molecule has 0 saturated carbocycles. The van der Waals surface area contributed by atoms with E-state index in [2.05, 4.69) is 10.3 Å². The van der Waals surface area contributed by atoms with E-state index in [4.69, 9.17) is 10.5 Å². The minimum Gasteiger partial charge on any atom is -0.497 e. The highest BCUT2D eigenvalue weighted by Gasteiger charge is 2.04. The Hall–Kier alpha value is -1.81. The fraction of sp³-hybridized carbons (Fsp3) is 0.400. The smallest absolute Gasteiger partial charge is 0.121 e. The van der Waals surface area contributed by atoms with Gasteiger partial charge >= 0.3 is 0 Å². The van der Waals surface area contributed by atoms with Crippen LogP contribution in [0.1, 0.15) is 19.3 Å². The molecule has 0 radical (unpaired) electrons. The summed E-state index contributed by atoms with van der Waals surface area (Å²) in [6.07, 6.45) is 5.16. The van der Waals surface area contributed by atoms with Crippen LogP contribution in [0.3, 0.4) is 0 Å². The Morgan fingerprint density at radius 2 is 2.16 bits per heavy atom. The Morgan fingerprint density at radius 1 is 1.26 bits per heavy atom. The summed E-state index contributed by atoms with van der Waals surface area (Å²) in [7, 11) is 1.68. The van der Waals surface area contributed by atoms with E-state index >= 15 is 0 Å². The Morgan fingerprint density at radius 3 is 2.95 bits per heavy atom. The van der Waals surface area contributed by atoms with Gasteiger partial charge in [0.2, 0.25) is 0 Å². The number of benzene rings is 1. The first kappa shape index (κ1) is 13.6. The zero-order chi connectivity index (χ0) is 13.5. The van der Waals surface area contributed by atoms with E-state index < -0.39 is 0 Å². The molecule has 19 heavy (non-hydrogen) atoms. The van der Waals surface area contributed by atoms with Gasteiger partial charge in [0.05, 0.1) is 18.3 Å². The highest BCUT2D eigenvalue weighted by molar-refractivity contribution is 5.91. The molecule has 3 N–H and O–H groups in total. The van der Waals surface area contributed by atoms with Gasteiger partial charge in [-0.05, 0) is 31.5 Å². The van der Waals surface area contributed by atoms with Crippen LogP contribution in [0, 0.1) is 0 Å². The molecule has 0 amide bonds. The lowest BCUT2D eigenvalue weighted by molar-refractivity contribution is 0.415. The van der Waals surface area contributed by atoms with Gasteiger partial charge in [-0.25, -0.2) is 0 Å². The molecule has 0 atom stereocenters. The zero-order valence-electron chi connectivity index (χ0n) is 11.4. The normalized spacial score (nSPS) is 10.6. The van der Waals surface area contributed by atoms with Crippen molar-refractivity contribution in [1.29, 1.82) is 0 Å². The van der Waals surface area contributed by atoms with E-state index in [-0.39, 0.29) is 0 Å². The number of hydrogen-bond acceptors (Lipinski definition) is 4. The molecule has 0 unspecified atom stereocenters. The molecule has 4 heteroatoms. The second-order valence-electron chi connectivity index (χ2n) is 4.53. The minimum atomic E-state index is 0.768. The SMILES string of the molecule is COc1cc(NCCCCCN)c2ncccc2c1. The molecule has 0 bridgehead atoms. The fourth-order valence-electron chi connectivity index (χ4n) is 2.09. The van der Waals surface area contributed by atoms with E-state index in [0.717, 1.165) is 54.7 Å². The summed E-state index contributed by atoms with van der Waals surface area (Å²) in [5.74, 6) is 0.852. The van der Waals surface area contributed by atoms with Crippen LogP contribution >= 0.6 is 0 Å². The summed E-state index contributed by atoms with van der Waals surface area (Å²) in [6.45, 7) is 1.70. The van der Waals surface area contributed by atoms with Gasteiger partial charge in [0.15, 0.2) is 0 Å². The number of nitrogens with one attached hydrogen (secondary N) is 1. The highest BCUT2D eigenvalue weighted by atomic mass is 16.5. The molecule has 0 fully saturated rings. The molecule has 1 heterocycles. The summed E-state index contributed by atoms with van der Waals surface area (Å²) in [6, 6.07) is 7.98. The van der Waals surface area contributed by atoms with Crippen molar-refractivity contribution in [2.24, 2.45) is 5.73 Å². The number of nitrogens with zero attached hydrogens (tertiary/aromatic N) is 1. The van der Waals surface area contributed by atoms with Crippen LogP contribution in [-0.4, -0.2) is 25.2 Å². The Balaban J connectivity index is 2.11. The average molecular weight is 259 g/mol. The number of fused-ring (bicyclic) bond motifs is 1. The van der Waals surface area contributed by atoms with Crippen molar-refractivity contribution >= 4 is 16.6 Å². The quantitative estimate of drug-likeness (QED) is 0.751. The van der Waals surface area contributed by atoms with E-state index in [1.807, 2.05) is 30.5 Å². The maximum Gasteiger partial charge on any atom is 0.121 e. The maximum atomic E-state index is 5.49. The standard InChI is InChI=1S/C15H21N3O/c1-19-13-10-12-6-5-9-18-15(12)14(11-13)17-8-4-2-3-7-16/h5-6,9-11,17H,2-4,7-8,16H2,1H3. The first-order valence-corrected chi connectivity index (χ1v) is 6.72. The zero-order valence-corrected chi connectivity index (χ0v) is 11.4. The number of anilines is 1. The van der Waals surface area contributed by atoms with Gasteiger partial charge in [0.25, 0.3) is 0 Å². The lowest BCUT2D eigenvalue weighted by Gasteiger charge is -2.11. The van der Waals surface area contributed by atoms with Crippen LogP contribution in [0.4, 0.5) is 5.69 Å². The fourth-order valence-corrected chi connectivity index (χ4v) is 2.09.